The summed E-state index contributed by atoms with van der Waals surface area (Å²) in [5, 5.41) is 17.3. The Labute approximate surface area is 310 Å². The van der Waals surface area contributed by atoms with Crippen molar-refractivity contribution in [3.05, 3.63) is 77.6 Å². The molecule has 269 valence electrons. The van der Waals surface area contributed by atoms with Crippen molar-refractivity contribution in [3.8, 4) is 0 Å². The van der Waals surface area contributed by atoms with E-state index < -0.39 is 4.69 Å². The van der Waals surface area contributed by atoms with Gasteiger partial charge in [0.2, 0.25) is 0 Å². The Hall–Kier alpha value is -2.37. The SMILES string of the molecule is C=CC=[CH][Mn][C](n1ccc(C23CC4CC(CC(C4)C2)C3)n1)(n1ccc(C23CC4CC(CC(C4)C2)C3)n1)n1ccc(C23CC4CC(CC(C4)C2)C3)n1. The summed E-state index contributed by atoms with van der Waals surface area (Å²) < 4.78 is 6.24. The maximum absolute atomic E-state index is 5.75. The molecule has 3 heterocycles. The molecule has 12 saturated carbocycles. The molecule has 3 aromatic rings. The van der Waals surface area contributed by atoms with E-state index in [0.29, 0.717) is 15.0 Å². The van der Waals surface area contributed by atoms with Crippen molar-refractivity contribution >= 4 is 0 Å². The van der Waals surface area contributed by atoms with Gasteiger partial charge in [0.1, 0.15) is 0 Å². The van der Waals surface area contributed by atoms with Crippen LogP contribution < -0.4 is 0 Å². The molecule has 0 aliphatic heterocycles. The molecular weight excluding hydrogens is 667 g/mol. The van der Waals surface area contributed by atoms with Crippen LogP contribution in [0.4, 0.5) is 0 Å². The van der Waals surface area contributed by atoms with Gasteiger partial charge >= 0.3 is 312 Å². The fourth-order valence-electron chi connectivity index (χ4n) is 16.2. The van der Waals surface area contributed by atoms with Gasteiger partial charge in [-0.05, 0) is 0 Å². The van der Waals surface area contributed by atoms with Gasteiger partial charge in [0.05, 0.1) is 0 Å². The number of aromatic nitrogens is 6. The standard InChI is InChI=1S/C40H51N6.C4H5.Mn/c1-4-44(41-34(1)38-16-25-7-26(17-38)9-27(8-25)18-38)37(45-5-2-35(42-45)39-19-28-10-29(20-39)12-30(11-28)21-39)46-6-3-36(43-46)40-22-31-13-32(23-40)15-33(14-31)24-40;1-3-4-2;/h1-6,25-33H,7-24H2;1,3-4H,2H2;. The van der Waals surface area contributed by atoms with Crippen molar-refractivity contribution in [1.82, 2.24) is 29.3 Å². The first-order chi connectivity index (χ1) is 24.9. The van der Waals surface area contributed by atoms with E-state index in [0.717, 1.165) is 53.3 Å². The van der Waals surface area contributed by atoms with Gasteiger partial charge in [0.15, 0.2) is 0 Å². The Morgan fingerprint density at radius 2 is 0.784 bits per heavy atom. The molecule has 15 rings (SSSR count). The van der Waals surface area contributed by atoms with E-state index in [1.54, 1.807) is 0 Å². The zero-order chi connectivity index (χ0) is 33.6. The van der Waals surface area contributed by atoms with Crippen molar-refractivity contribution in [3.63, 3.8) is 0 Å². The predicted molar refractivity (Wildman–Crippen MR) is 194 cm³/mol. The van der Waals surface area contributed by atoms with Gasteiger partial charge in [0, 0.05) is 0 Å². The second-order valence-electron chi connectivity index (χ2n) is 20.2. The van der Waals surface area contributed by atoms with Crippen LogP contribution in [0.15, 0.2) is 60.5 Å². The van der Waals surface area contributed by atoms with Crippen LogP contribution in [0.25, 0.3) is 0 Å². The van der Waals surface area contributed by atoms with Crippen molar-refractivity contribution in [2.75, 3.05) is 0 Å². The van der Waals surface area contributed by atoms with Gasteiger partial charge in [-0.3, -0.25) is 0 Å². The molecule has 0 radical (unpaired) electrons. The van der Waals surface area contributed by atoms with Crippen LogP contribution in [0.2, 0.25) is 0 Å². The van der Waals surface area contributed by atoms with Crippen LogP contribution in [-0.2, 0) is 35.9 Å². The average Bonchev–Trinajstić information content (AvgIpc) is 3.88. The molecule has 12 aliphatic rings. The number of nitrogens with zero attached hydrogens (tertiary/aromatic N) is 6. The molecule has 0 amide bonds. The third kappa shape index (κ3) is 4.55. The Bertz CT molecular complexity index is 1580. The molecule has 12 fully saturated rings. The van der Waals surface area contributed by atoms with Crippen LogP contribution in [-0.4, -0.2) is 29.3 Å². The summed E-state index contributed by atoms with van der Waals surface area (Å²) in [6.45, 7) is 4.08. The number of rotatable bonds is 9. The molecule has 0 aromatic carbocycles. The van der Waals surface area contributed by atoms with E-state index in [-0.39, 0.29) is 16.2 Å². The topological polar surface area (TPSA) is 53.5 Å². The summed E-state index contributed by atoms with van der Waals surface area (Å²) >= 11 is 0.316. The molecule has 3 aromatic heterocycles. The van der Waals surface area contributed by atoms with Gasteiger partial charge < -0.3 is 0 Å². The molecule has 0 unspecified atom stereocenters. The second-order valence-corrected chi connectivity index (χ2v) is 21.8. The summed E-state index contributed by atoms with van der Waals surface area (Å²) in [5.41, 5.74) is 4.75. The van der Waals surface area contributed by atoms with E-state index >= 15 is 0 Å². The number of allylic oxidation sites excluding steroid dienone is 2. The van der Waals surface area contributed by atoms with E-state index in [1.165, 1.54) is 133 Å². The van der Waals surface area contributed by atoms with Crippen LogP contribution in [0, 0.1) is 53.3 Å². The average molecular weight is 724 g/mol. The van der Waals surface area contributed by atoms with Crippen LogP contribution in [0.3, 0.4) is 0 Å². The maximum atomic E-state index is 5.75. The molecule has 0 spiro atoms. The van der Waals surface area contributed by atoms with Gasteiger partial charge in [-0.1, -0.05) is 0 Å². The summed E-state index contributed by atoms with van der Waals surface area (Å²) in [4.78, 5) is 2.32. The van der Waals surface area contributed by atoms with Gasteiger partial charge in [-0.2, -0.15) is 0 Å². The minimum absolute atomic E-state index is 0.245. The number of hydrogen-bond donors (Lipinski definition) is 0. The first-order valence-corrected chi connectivity index (χ1v) is 22.3. The van der Waals surface area contributed by atoms with Crippen molar-refractivity contribution in [2.45, 2.75) is 137 Å². The molecule has 0 N–H and O–H groups in total. The van der Waals surface area contributed by atoms with Crippen LogP contribution in [0.1, 0.15) is 133 Å². The Morgan fingerprint density at radius 3 is 1.04 bits per heavy atom. The zero-order valence-corrected chi connectivity index (χ0v) is 31.6. The quantitative estimate of drug-likeness (QED) is 0.164. The molecular formula is C44H56MnN6. The molecule has 0 saturated heterocycles. The molecule has 12 aliphatic carbocycles. The van der Waals surface area contributed by atoms with Crippen LogP contribution >= 0.6 is 0 Å². The molecule has 51 heavy (non-hydrogen) atoms. The molecule has 6 nitrogen and oxygen atoms in total. The Balaban J connectivity index is 1.00. The first kappa shape index (κ1) is 31.0. The second kappa shape index (κ2) is 10.9. The van der Waals surface area contributed by atoms with Gasteiger partial charge in [0.25, 0.3) is 0 Å². The minimum atomic E-state index is -0.718. The Kier molecular flexibility index (Phi) is 6.61. The summed E-state index contributed by atoms with van der Waals surface area (Å²) in [6.07, 6.45) is 36.1. The molecule has 12 bridgehead atoms. The first-order valence-electron chi connectivity index (χ1n) is 21.0. The van der Waals surface area contributed by atoms with E-state index in [1.807, 2.05) is 6.08 Å². The zero-order valence-electron chi connectivity index (χ0n) is 30.4. The number of hydrogen-bond acceptors (Lipinski definition) is 3. The van der Waals surface area contributed by atoms with Gasteiger partial charge in [-0.15, -0.1) is 0 Å². The molecule has 7 heteroatoms. The third-order valence-corrected chi connectivity index (χ3v) is 18.5. The fourth-order valence-corrected chi connectivity index (χ4v) is 17.7. The van der Waals surface area contributed by atoms with Crippen molar-refractivity contribution in [1.29, 1.82) is 0 Å². The fraction of sp³-hybridized carbons (Fsp3) is 0.705. The van der Waals surface area contributed by atoms with E-state index in [2.05, 4.69) is 68.5 Å². The van der Waals surface area contributed by atoms with Crippen molar-refractivity contribution in [2.24, 2.45) is 53.3 Å². The summed E-state index contributed by atoms with van der Waals surface area (Å²) in [7, 11) is 0. The van der Waals surface area contributed by atoms with E-state index in [9.17, 15) is 0 Å². The monoisotopic (exact) mass is 723 g/mol. The van der Waals surface area contributed by atoms with Crippen molar-refractivity contribution < 1.29 is 15.0 Å². The third-order valence-electron chi connectivity index (χ3n) is 16.8. The van der Waals surface area contributed by atoms with Gasteiger partial charge in [-0.25, -0.2) is 0 Å². The summed E-state index contributed by atoms with van der Waals surface area (Å²) in [6, 6.07) is 7.24. The predicted octanol–water partition coefficient (Wildman–Crippen LogP) is 9.13. The summed E-state index contributed by atoms with van der Waals surface area (Å²) in [5.74, 6) is 8.06. The van der Waals surface area contributed by atoms with Crippen LogP contribution in [0.5, 0.6) is 0 Å². The normalized spacial score (nSPS) is 45.3. The van der Waals surface area contributed by atoms with E-state index in [4.69, 9.17) is 15.3 Å². The molecule has 0 atom stereocenters. The Morgan fingerprint density at radius 1 is 0.510 bits per heavy atom.